The number of benzene rings is 2. The Morgan fingerprint density at radius 1 is 1.12 bits per heavy atom. The number of furan rings is 1. The molecule has 228 valence electrons. The zero-order chi connectivity index (χ0) is 31.0. The van der Waals surface area contributed by atoms with Crippen LogP contribution in [0.2, 0.25) is 0 Å². The summed E-state index contributed by atoms with van der Waals surface area (Å²) in [4.78, 5) is 30.5. The van der Waals surface area contributed by atoms with Gasteiger partial charge in [0.25, 0.3) is 5.91 Å². The van der Waals surface area contributed by atoms with Crippen molar-refractivity contribution < 1.29 is 36.3 Å². The van der Waals surface area contributed by atoms with Gasteiger partial charge in [-0.05, 0) is 61.6 Å². The van der Waals surface area contributed by atoms with Gasteiger partial charge in [-0.15, -0.1) is 0 Å². The summed E-state index contributed by atoms with van der Waals surface area (Å²) in [6.45, 7) is 0.285. The highest BCUT2D eigenvalue weighted by molar-refractivity contribution is 6.00. The van der Waals surface area contributed by atoms with Crippen molar-refractivity contribution in [1.29, 1.82) is 0 Å². The number of carbonyl (C=O) groups is 2. The number of halogens is 4. The summed E-state index contributed by atoms with van der Waals surface area (Å²) in [6.07, 6.45) is 1.26. The maximum absolute atomic E-state index is 14.0. The molecule has 0 bridgehead atoms. The van der Waals surface area contributed by atoms with Crippen molar-refractivity contribution in [3.8, 4) is 22.6 Å². The minimum Gasteiger partial charge on any atom is -0.451 e. The molecule has 10 nitrogen and oxygen atoms in total. The molecule has 14 heteroatoms. The van der Waals surface area contributed by atoms with Gasteiger partial charge in [-0.3, -0.25) is 9.59 Å². The predicted molar refractivity (Wildman–Crippen MR) is 148 cm³/mol. The van der Waals surface area contributed by atoms with Crippen LogP contribution in [-0.2, 0) is 4.79 Å². The predicted octanol–water partition coefficient (Wildman–Crippen LogP) is 5.16. The number of ether oxygens (including phenoxy) is 1. The fourth-order valence-electron chi connectivity index (χ4n) is 4.93. The quantitative estimate of drug-likeness (QED) is 0.178. The Kier molecular flexibility index (Phi) is 7.90. The van der Waals surface area contributed by atoms with Gasteiger partial charge in [0.05, 0.1) is 5.66 Å². The summed E-state index contributed by atoms with van der Waals surface area (Å²) in [5, 5.41) is 9.83. The average molecular weight is 603 g/mol. The molecule has 0 radical (unpaired) electrons. The van der Waals surface area contributed by atoms with Crippen LogP contribution in [0.4, 0.5) is 17.6 Å². The molecule has 0 saturated heterocycles. The second-order valence-electron chi connectivity index (χ2n) is 10.9. The van der Waals surface area contributed by atoms with E-state index in [-0.39, 0.29) is 30.0 Å². The molecule has 1 aliphatic carbocycles. The molecule has 0 spiro atoms. The fourth-order valence-corrected chi connectivity index (χ4v) is 4.93. The van der Waals surface area contributed by atoms with Crippen LogP contribution in [0.3, 0.4) is 0 Å². The number of hydrogen-bond donors (Lipinski definition) is 3. The van der Waals surface area contributed by atoms with Crippen molar-refractivity contribution in [2.45, 2.75) is 69.7 Å². The topological polar surface area (TPSA) is 137 Å². The van der Waals surface area contributed by atoms with Gasteiger partial charge in [0.2, 0.25) is 11.8 Å². The van der Waals surface area contributed by atoms with E-state index in [2.05, 4.69) is 20.7 Å². The molecule has 4 aromatic rings. The van der Waals surface area contributed by atoms with E-state index in [1.54, 1.807) is 44.2 Å². The second-order valence-corrected chi connectivity index (χ2v) is 10.9. The lowest BCUT2D eigenvalue weighted by molar-refractivity contribution is -0.134. The van der Waals surface area contributed by atoms with Crippen LogP contribution in [0.25, 0.3) is 27.8 Å². The van der Waals surface area contributed by atoms with Gasteiger partial charge in [-0.25, -0.2) is 18.4 Å². The molecule has 1 aliphatic rings. The lowest BCUT2D eigenvalue weighted by Gasteiger charge is -2.41. The standard InChI is InChI=1S/C29H30F4N6O4/c1-3-27(2,34)38-25(41)28(8-10-29(32,33)11-9-28)37-24(40)23-14-19-5-4-17(12-21(19)42-23)18-6-7-20(39-16-35-15-36-39)22(13-18)43-26(30)31/h4-7,12-16,26H,3,8-11,34H2,1-2H3,(H,37,40)(H,38,41). The van der Waals surface area contributed by atoms with Gasteiger partial charge in [-0.1, -0.05) is 25.1 Å². The van der Waals surface area contributed by atoms with Crippen LogP contribution in [0, 0.1) is 0 Å². The van der Waals surface area contributed by atoms with E-state index in [9.17, 15) is 27.2 Å². The van der Waals surface area contributed by atoms with Crippen LogP contribution >= 0.6 is 0 Å². The molecule has 2 heterocycles. The molecule has 0 aliphatic heterocycles. The number of rotatable bonds is 9. The molecule has 2 aromatic heterocycles. The van der Waals surface area contributed by atoms with Gasteiger partial charge >= 0.3 is 6.61 Å². The molecular formula is C29H30F4N6O4. The SMILES string of the molecule is CCC(C)(N)NC(=O)C1(NC(=O)c2cc3ccc(-c4ccc(-n5cncn5)c(OC(F)F)c4)cc3o2)CCC(F)(F)CC1. The van der Waals surface area contributed by atoms with Gasteiger partial charge in [0.15, 0.2) is 11.5 Å². The van der Waals surface area contributed by atoms with Crippen molar-refractivity contribution in [1.82, 2.24) is 25.4 Å². The fraction of sp³-hybridized carbons (Fsp3) is 0.379. The van der Waals surface area contributed by atoms with E-state index in [1.807, 2.05) is 0 Å². The molecule has 5 rings (SSSR count). The average Bonchev–Trinajstić information content (AvgIpc) is 3.64. The Bertz CT molecular complexity index is 1630. The number of aromatic nitrogens is 3. The molecule has 43 heavy (non-hydrogen) atoms. The summed E-state index contributed by atoms with van der Waals surface area (Å²) >= 11 is 0. The summed E-state index contributed by atoms with van der Waals surface area (Å²) in [7, 11) is 0. The highest BCUT2D eigenvalue weighted by atomic mass is 19.3. The van der Waals surface area contributed by atoms with Gasteiger partial charge in [0.1, 0.15) is 29.5 Å². The number of nitrogens with one attached hydrogen (secondary N) is 2. The Morgan fingerprint density at radius 2 is 1.81 bits per heavy atom. The van der Waals surface area contributed by atoms with E-state index < -0.39 is 48.4 Å². The first-order valence-electron chi connectivity index (χ1n) is 13.6. The monoisotopic (exact) mass is 602 g/mol. The Morgan fingerprint density at radius 3 is 2.47 bits per heavy atom. The number of nitrogens with two attached hydrogens (primary N) is 1. The normalized spacial score (nSPS) is 17.4. The third-order valence-corrected chi connectivity index (χ3v) is 7.67. The van der Waals surface area contributed by atoms with Crippen molar-refractivity contribution in [3.63, 3.8) is 0 Å². The molecule has 1 atom stereocenters. The largest absolute Gasteiger partial charge is 0.451 e. The van der Waals surface area contributed by atoms with E-state index in [0.717, 1.165) is 0 Å². The highest BCUT2D eigenvalue weighted by Crippen LogP contribution is 2.39. The van der Waals surface area contributed by atoms with Gasteiger partial charge in [-0.2, -0.15) is 13.9 Å². The first-order valence-corrected chi connectivity index (χ1v) is 13.6. The minimum atomic E-state index is -3.08. The number of amides is 2. The number of carbonyl (C=O) groups excluding carboxylic acids is 2. The zero-order valence-electron chi connectivity index (χ0n) is 23.4. The van der Waals surface area contributed by atoms with Crippen molar-refractivity contribution in [3.05, 3.63) is 60.9 Å². The maximum Gasteiger partial charge on any atom is 0.387 e. The van der Waals surface area contributed by atoms with Gasteiger partial charge < -0.3 is 25.5 Å². The van der Waals surface area contributed by atoms with E-state index in [1.165, 1.54) is 29.5 Å². The molecule has 1 fully saturated rings. The third-order valence-electron chi connectivity index (χ3n) is 7.67. The number of fused-ring (bicyclic) bond motifs is 1. The van der Waals surface area contributed by atoms with Crippen molar-refractivity contribution >= 4 is 22.8 Å². The van der Waals surface area contributed by atoms with E-state index >= 15 is 0 Å². The minimum absolute atomic E-state index is 0.129. The van der Waals surface area contributed by atoms with Crippen molar-refractivity contribution in [2.75, 3.05) is 0 Å². The number of nitrogens with zero attached hydrogens (tertiary/aromatic N) is 3. The number of alkyl halides is 4. The lowest BCUT2D eigenvalue weighted by atomic mass is 9.78. The number of hydrogen-bond acceptors (Lipinski definition) is 7. The Balaban J connectivity index is 1.42. The molecule has 1 saturated carbocycles. The second kappa shape index (κ2) is 11.3. The molecule has 1 unspecified atom stereocenters. The van der Waals surface area contributed by atoms with Crippen LogP contribution in [0.1, 0.15) is 56.5 Å². The summed E-state index contributed by atoms with van der Waals surface area (Å²) in [6, 6.07) is 11.1. The summed E-state index contributed by atoms with van der Waals surface area (Å²) < 4.78 is 66.2. The smallest absolute Gasteiger partial charge is 0.387 e. The zero-order valence-corrected chi connectivity index (χ0v) is 23.4. The maximum atomic E-state index is 14.0. The van der Waals surface area contributed by atoms with Crippen LogP contribution in [-0.4, -0.2) is 50.3 Å². The van der Waals surface area contributed by atoms with Crippen molar-refractivity contribution in [2.24, 2.45) is 5.73 Å². The highest BCUT2D eigenvalue weighted by Gasteiger charge is 2.49. The molecule has 2 amide bonds. The molecule has 4 N–H and O–H groups in total. The van der Waals surface area contributed by atoms with Gasteiger partial charge in [0, 0.05) is 18.2 Å². The first kappa shape index (κ1) is 30.0. The van der Waals surface area contributed by atoms with E-state index in [4.69, 9.17) is 14.9 Å². The Labute approximate surface area is 243 Å². The molecular weight excluding hydrogens is 572 g/mol. The lowest BCUT2D eigenvalue weighted by Crippen LogP contribution is -2.66. The first-order chi connectivity index (χ1) is 20.3. The molecule has 2 aromatic carbocycles. The third kappa shape index (κ3) is 6.48. The summed E-state index contributed by atoms with van der Waals surface area (Å²) in [5.74, 6) is -4.60. The van der Waals surface area contributed by atoms with Crippen LogP contribution in [0.15, 0.2) is 59.5 Å². The Hall–Kier alpha value is -4.46. The van der Waals surface area contributed by atoms with Crippen LogP contribution < -0.4 is 21.1 Å². The van der Waals surface area contributed by atoms with Crippen LogP contribution in [0.5, 0.6) is 5.75 Å². The summed E-state index contributed by atoms with van der Waals surface area (Å²) in [5.41, 5.74) is 5.04. The van der Waals surface area contributed by atoms with E-state index in [0.29, 0.717) is 28.5 Å².